The average Bonchev–Trinajstić information content (AvgIpc) is 2.99. The first kappa shape index (κ1) is 19.8. The minimum absolute atomic E-state index is 0.121. The summed E-state index contributed by atoms with van der Waals surface area (Å²) in [5.41, 5.74) is 0.785. The number of aryl methyl sites for hydroxylation is 1. The predicted octanol–water partition coefficient (Wildman–Crippen LogP) is 4.04. The summed E-state index contributed by atoms with van der Waals surface area (Å²) in [5.74, 6) is 0.855. The van der Waals surface area contributed by atoms with Crippen molar-refractivity contribution in [2.24, 2.45) is 0 Å². The van der Waals surface area contributed by atoms with E-state index in [1.807, 2.05) is 38.1 Å². The van der Waals surface area contributed by atoms with Gasteiger partial charge >= 0.3 is 5.97 Å². The van der Waals surface area contributed by atoms with E-state index in [0.717, 1.165) is 5.56 Å². The molecule has 0 radical (unpaired) electrons. The SMILES string of the molecule is CCOc1ccccc1OCCCC(=O)Nc1cc(C)c(C(=O)OC)s1. The maximum atomic E-state index is 12.1. The Labute approximate surface area is 157 Å². The minimum atomic E-state index is -0.394. The van der Waals surface area contributed by atoms with Crippen molar-refractivity contribution in [3.8, 4) is 11.5 Å². The van der Waals surface area contributed by atoms with Crippen LogP contribution >= 0.6 is 11.3 Å². The van der Waals surface area contributed by atoms with Crippen LogP contribution in [0.3, 0.4) is 0 Å². The predicted molar refractivity (Wildman–Crippen MR) is 101 cm³/mol. The van der Waals surface area contributed by atoms with Gasteiger partial charge in [0.15, 0.2) is 11.5 Å². The van der Waals surface area contributed by atoms with Crippen LogP contribution in [0.25, 0.3) is 0 Å². The van der Waals surface area contributed by atoms with Crippen LogP contribution in [0.5, 0.6) is 11.5 Å². The van der Waals surface area contributed by atoms with Gasteiger partial charge in [-0.25, -0.2) is 4.79 Å². The molecular formula is C19H23NO5S. The summed E-state index contributed by atoms with van der Waals surface area (Å²) in [4.78, 5) is 24.2. The highest BCUT2D eigenvalue weighted by Crippen LogP contribution is 2.28. The summed E-state index contributed by atoms with van der Waals surface area (Å²) in [6.45, 7) is 4.70. The Morgan fingerprint density at radius 1 is 1.15 bits per heavy atom. The van der Waals surface area contributed by atoms with Crippen molar-refractivity contribution in [2.45, 2.75) is 26.7 Å². The third-order valence-electron chi connectivity index (χ3n) is 3.51. The second kappa shape index (κ2) is 9.82. The molecule has 0 fully saturated rings. The van der Waals surface area contributed by atoms with E-state index in [0.29, 0.717) is 47.4 Å². The summed E-state index contributed by atoms with van der Waals surface area (Å²) in [5, 5.41) is 3.44. The number of rotatable bonds is 9. The van der Waals surface area contributed by atoms with Gasteiger partial charge in [-0.15, -0.1) is 11.3 Å². The molecule has 2 aromatic rings. The number of thiophene rings is 1. The maximum absolute atomic E-state index is 12.1. The minimum Gasteiger partial charge on any atom is -0.490 e. The zero-order valence-electron chi connectivity index (χ0n) is 15.2. The molecule has 0 aliphatic rings. The lowest BCUT2D eigenvalue weighted by Crippen LogP contribution is -2.12. The zero-order valence-corrected chi connectivity index (χ0v) is 16.0. The van der Waals surface area contributed by atoms with E-state index in [4.69, 9.17) is 14.2 Å². The number of carbonyl (C=O) groups excluding carboxylic acids is 2. The topological polar surface area (TPSA) is 73.9 Å². The number of amides is 1. The number of carbonyl (C=O) groups is 2. The van der Waals surface area contributed by atoms with Gasteiger partial charge < -0.3 is 19.5 Å². The molecule has 6 nitrogen and oxygen atoms in total. The quantitative estimate of drug-likeness (QED) is 0.527. The summed E-state index contributed by atoms with van der Waals surface area (Å²) in [6, 6.07) is 9.22. The highest BCUT2D eigenvalue weighted by atomic mass is 32.1. The third kappa shape index (κ3) is 5.49. The number of anilines is 1. The van der Waals surface area contributed by atoms with Gasteiger partial charge in [0, 0.05) is 6.42 Å². The van der Waals surface area contributed by atoms with Gasteiger partial charge in [-0.1, -0.05) is 12.1 Å². The van der Waals surface area contributed by atoms with Crippen molar-refractivity contribution in [2.75, 3.05) is 25.6 Å². The number of nitrogens with one attached hydrogen (secondary N) is 1. The molecule has 0 saturated carbocycles. The van der Waals surface area contributed by atoms with Crippen LogP contribution < -0.4 is 14.8 Å². The molecule has 1 amide bonds. The number of esters is 1. The number of hydrogen-bond donors (Lipinski definition) is 1. The number of ether oxygens (including phenoxy) is 3. The van der Waals surface area contributed by atoms with E-state index in [9.17, 15) is 9.59 Å². The van der Waals surface area contributed by atoms with Gasteiger partial charge in [0.05, 0.1) is 25.3 Å². The van der Waals surface area contributed by atoms with Crippen LogP contribution in [0.1, 0.15) is 35.0 Å². The average molecular weight is 377 g/mol. The second-order valence-electron chi connectivity index (χ2n) is 5.49. The molecular weight excluding hydrogens is 354 g/mol. The van der Waals surface area contributed by atoms with Crippen molar-refractivity contribution in [3.63, 3.8) is 0 Å². The smallest absolute Gasteiger partial charge is 0.348 e. The molecule has 0 bridgehead atoms. The molecule has 0 aliphatic carbocycles. The molecule has 1 aromatic heterocycles. The number of hydrogen-bond acceptors (Lipinski definition) is 6. The van der Waals surface area contributed by atoms with Gasteiger partial charge in [0.2, 0.25) is 5.91 Å². The van der Waals surface area contributed by atoms with Crippen molar-refractivity contribution >= 4 is 28.2 Å². The van der Waals surface area contributed by atoms with Crippen molar-refractivity contribution in [1.82, 2.24) is 0 Å². The molecule has 2 rings (SSSR count). The Hall–Kier alpha value is -2.54. The fraction of sp³-hybridized carbons (Fsp3) is 0.368. The molecule has 1 aromatic carbocycles. The Kier molecular flexibility index (Phi) is 7.47. The van der Waals surface area contributed by atoms with E-state index in [1.54, 1.807) is 6.07 Å². The van der Waals surface area contributed by atoms with Gasteiger partial charge in [0.1, 0.15) is 4.88 Å². The molecule has 1 N–H and O–H groups in total. The number of benzene rings is 1. The number of para-hydroxylation sites is 2. The highest BCUT2D eigenvalue weighted by Gasteiger charge is 2.15. The van der Waals surface area contributed by atoms with Crippen molar-refractivity contribution < 1.29 is 23.8 Å². The molecule has 0 atom stereocenters. The Bertz CT molecular complexity index is 756. The van der Waals surface area contributed by atoms with Gasteiger partial charge in [-0.3, -0.25) is 4.79 Å². The molecule has 0 spiro atoms. The summed E-state index contributed by atoms with van der Waals surface area (Å²) < 4.78 is 15.9. The first-order valence-corrected chi connectivity index (χ1v) is 9.20. The second-order valence-corrected chi connectivity index (χ2v) is 6.55. The van der Waals surface area contributed by atoms with Crippen LogP contribution in [0.15, 0.2) is 30.3 Å². The van der Waals surface area contributed by atoms with Gasteiger partial charge in [-0.2, -0.15) is 0 Å². The maximum Gasteiger partial charge on any atom is 0.348 e. The van der Waals surface area contributed by atoms with E-state index in [1.165, 1.54) is 18.4 Å². The standard InChI is InChI=1S/C19H23NO5S/c1-4-24-14-8-5-6-9-15(14)25-11-7-10-16(21)20-17-12-13(2)18(26-17)19(22)23-3/h5-6,8-9,12H,4,7,10-11H2,1-3H3,(H,20,21). The molecule has 0 aliphatic heterocycles. The Morgan fingerprint density at radius 2 is 1.85 bits per heavy atom. The van der Waals surface area contributed by atoms with Crippen molar-refractivity contribution in [1.29, 1.82) is 0 Å². The zero-order chi connectivity index (χ0) is 18.9. The van der Waals surface area contributed by atoms with E-state index >= 15 is 0 Å². The molecule has 1 heterocycles. The van der Waals surface area contributed by atoms with Crippen LogP contribution in [0.4, 0.5) is 5.00 Å². The molecule has 0 unspecified atom stereocenters. The fourth-order valence-corrected chi connectivity index (χ4v) is 3.31. The first-order chi connectivity index (χ1) is 12.5. The molecule has 7 heteroatoms. The van der Waals surface area contributed by atoms with Crippen LogP contribution in [-0.2, 0) is 9.53 Å². The normalized spacial score (nSPS) is 10.3. The van der Waals surface area contributed by atoms with E-state index in [-0.39, 0.29) is 5.91 Å². The third-order valence-corrected chi connectivity index (χ3v) is 4.64. The highest BCUT2D eigenvalue weighted by molar-refractivity contribution is 7.18. The summed E-state index contributed by atoms with van der Waals surface area (Å²) in [6.07, 6.45) is 0.891. The van der Waals surface area contributed by atoms with Crippen LogP contribution in [0, 0.1) is 6.92 Å². The Balaban J connectivity index is 1.78. The molecule has 140 valence electrons. The lowest BCUT2D eigenvalue weighted by molar-refractivity contribution is -0.116. The largest absolute Gasteiger partial charge is 0.490 e. The number of methoxy groups -OCH3 is 1. The summed E-state index contributed by atoms with van der Waals surface area (Å²) >= 11 is 1.21. The lowest BCUT2D eigenvalue weighted by Gasteiger charge is -2.11. The van der Waals surface area contributed by atoms with E-state index in [2.05, 4.69) is 5.32 Å². The first-order valence-electron chi connectivity index (χ1n) is 8.38. The molecule has 26 heavy (non-hydrogen) atoms. The van der Waals surface area contributed by atoms with Crippen LogP contribution in [-0.4, -0.2) is 32.2 Å². The lowest BCUT2D eigenvalue weighted by atomic mass is 10.3. The van der Waals surface area contributed by atoms with E-state index < -0.39 is 5.97 Å². The van der Waals surface area contributed by atoms with Gasteiger partial charge in [-0.05, 0) is 44.0 Å². The Morgan fingerprint density at radius 3 is 2.50 bits per heavy atom. The monoisotopic (exact) mass is 377 g/mol. The fourth-order valence-electron chi connectivity index (χ4n) is 2.30. The van der Waals surface area contributed by atoms with Crippen molar-refractivity contribution in [3.05, 3.63) is 40.8 Å². The molecule has 0 saturated heterocycles. The summed E-state index contributed by atoms with van der Waals surface area (Å²) in [7, 11) is 1.34. The van der Waals surface area contributed by atoms with Gasteiger partial charge in [0.25, 0.3) is 0 Å². The van der Waals surface area contributed by atoms with Crippen LogP contribution in [0.2, 0.25) is 0 Å².